The third kappa shape index (κ3) is 3.55. The Morgan fingerprint density at radius 1 is 1.29 bits per heavy atom. The zero-order valence-corrected chi connectivity index (χ0v) is 13.5. The van der Waals surface area contributed by atoms with Gasteiger partial charge in [-0.15, -0.1) is 0 Å². The number of nitrogens with one attached hydrogen (secondary N) is 1. The van der Waals surface area contributed by atoms with Crippen LogP contribution >= 0.6 is 11.6 Å². The zero-order valence-electron chi connectivity index (χ0n) is 12.0. The molecule has 0 saturated carbocycles. The van der Waals surface area contributed by atoms with Crippen LogP contribution in [0.15, 0.2) is 23.1 Å². The summed E-state index contributed by atoms with van der Waals surface area (Å²) in [5, 5.41) is 1.69. The summed E-state index contributed by atoms with van der Waals surface area (Å²) in [7, 11) is -0.232. The van der Waals surface area contributed by atoms with Crippen molar-refractivity contribution >= 4 is 27.5 Å². The molecule has 0 radical (unpaired) electrons. The van der Waals surface area contributed by atoms with Gasteiger partial charge in [-0.25, -0.2) is 13.4 Å². The fourth-order valence-corrected chi connectivity index (χ4v) is 3.93. The third-order valence-electron chi connectivity index (χ3n) is 3.21. The largest absolute Gasteiger partial charge is 0.285 e. The summed E-state index contributed by atoms with van der Waals surface area (Å²) in [5.74, 6) is -0.441. The predicted octanol–water partition coefficient (Wildman–Crippen LogP) is 1.33. The molecule has 1 fully saturated rings. The molecule has 8 heteroatoms. The second-order valence-electron chi connectivity index (χ2n) is 5.09. The normalized spacial score (nSPS) is 16.4. The van der Waals surface area contributed by atoms with E-state index in [0.29, 0.717) is 13.1 Å². The Kier molecular flexibility index (Phi) is 4.88. The molecule has 1 aromatic rings. The lowest BCUT2D eigenvalue weighted by atomic mass is 10.2. The topological polar surface area (TPSA) is 69.7 Å². The summed E-state index contributed by atoms with van der Waals surface area (Å²) < 4.78 is 26.4. The highest BCUT2D eigenvalue weighted by atomic mass is 35.5. The second-order valence-corrected chi connectivity index (χ2v) is 7.43. The van der Waals surface area contributed by atoms with Gasteiger partial charge in [0, 0.05) is 27.2 Å². The van der Waals surface area contributed by atoms with E-state index in [2.05, 4.69) is 5.43 Å². The van der Waals surface area contributed by atoms with E-state index in [1.807, 2.05) is 0 Å². The average Bonchev–Trinajstić information content (AvgIpc) is 2.92. The molecule has 1 aliphatic heterocycles. The van der Waals surface area contributed by atoms with Crippen molar-refractivity contribution in [3.05, 3.63) is 28.8 Å². The van der Waals surface area contributed by atoms with Crippen molar-refractivity contribution in [2.45, 2.75) is 17.7 Å². The van der Waals surface area contributed by atoms with Gasteiger partial charge in [0.15, 0.2) is 0 Å². The molecule has 0 aliphatic carbocycles. The third-order valence-corrected chi connectivity index (χ3v) is 5.43. The van der Waals surface area contributed by atoms with Crippen LogP contribution in [-0.4, -0.2) is 50.8 Å². The molecule has 0 spiro atoms. The second kappa shape index (κ2) is 6.31. The number of nitrogens with zero attached hydrogens (tertiary/aromatic N) is 2. The van der Waals surface area contributed by atoms with E-state index in [9.17, 15) is 13.2 Å². The minimum Gasteiger partial charge on any atom is -0.285 e. The van der Waals surface area contributed by atoms with Crippen LogP contribution in [-0.2, 0) is 10.0 Å². The van der Waals surface area contributed by atoms with E-state index >= 15 is 0 Å². The van der Waals surface area contributed by atoms with Crippen molar-refractivity contribution in [3.63, 3.8) is 0 Å². The Hall–Kier alpha value is -1.15. The monoisotopic (exact) mass is 331 g/mol. The molecular formula is C13H18ClN3O3S. The fourth-order valence-electron chi connectivity index (χ4n) is 2.18. The maximum absolute atomic E-state index is 12.5. The molecule has 0 bridgehead atoms. The van der Waals surface area contributed by atoms with E-state index in [-0.39, 0.29) is 15.5 Å². The number of benzene rings is 1. The lowest BCUT2D eigenvalue weighted by molar-refractivity contribution is 0.0857. The summed E-state index contributed by atoms with van der Waals surface area (Å²) in [6.07, 6.45) is 1.72. The van der Waals surface area contributed by atoms with Crippen molar-refractivity contribution in [1.82, 2.24) is 14.7 Å². The number of carbonyl (C=O) groups is 1. The van der Waals surface area contributed by atoms with Crippen LogP contribution in [0.1, 0.15) is 23.2 Å². The van der Waals surface area contributed by atoms with Crippen LogP contribution in [0.3, 0.4) is 0 Å². The molecule has 1 heterocycles. The highest BCUT2D eigenvalue weighted by Crippen LogP contribution is 2.25. The molecule has 21 heavy (non-hydrogen) atoms. The minimum absolute atomic E-state index is 0.0951. The quantitative estimate of drug-likeness (QED) is 0.845. The molecule has 1 aromatic carbocycles. The molecule has 1 aliphatic rings. The van der Waals surface area contributed by atoms with Gasteiger partial charge in [0.1, 0.15) is 0 Å². The standard InChI is InChI=1S/C13H18ClN3O3S/c1-16(2)15-13(18)11-9-10(5-6-12(11)14)21(19,20)17-7-3-4-8-17/h5-6,9H,3-4,7-8H2,1-2H3,(H,15,18). The van der Waals surface area contributed by atoms with Gasteiger partial charge in [-0.1, -0.05) is 11.6 Å². The number of amides is 1. The fraction of sp³-hybridized carbons (Fsp3) is 0.462. The Balaban J connectivity index is 2.36. The van der Waals surface area contributed by atoms with Gasteiger partial charge in [-0.2, -0.15) is 4.31 Å². The van der Waals surface area contributed by atoms with Gasteiger partial charge in [0.05, 0.1) is 15.5 Å². The van der Waals surface area contributed by atoms with Crippen molar-refractivity contribution in [2.24, 2.45) is 0 Å². The van der Waals surface area contributed by atoms with Gasteiger partial charge >= 0.3 is 0 Å². The summed E-state index contributed by atoms with van der Waals surface area (Å²) in [4.78, 5) is 12.1. The van der Waals surface area contributed by atoms with E-state index < -0.39 is 15.9 Å². The number of sulfonamides is 1. The SMILES string of the molecule is CN(C)NC(=O)c1cc(S(=O)(=O)N2CCCC2)ccc1Cl. The molecule has 6 nitrogen and oxygen atoms in total. The lowest BCUT2D eigenvalue weighted by Gasteiger charge is -2.17. The Bertz CT molecular complexity index is 640. The lowest BCUT2D eigenvalue weighted by Crippen LogP contribution is -2.36. The highest BCUT2D eigenvalue weighted by Gasteiger charge is 2.28. The van der Waals surface area contributed by atoms with E-state index in [4.69, 9.17) is 11.6 Å². The van der Waals surface area contributed by atoms with Gasteiger partial charge in [-0.3, -0.25) is 10.2 Å². The number of rotatable bonds is 4. The summed E-state index contributed by atoms with van der Waals surface area (Å²) in [6.45, 7) is 1.04. The summed E-state index contributed by atoms with van der Waals surface area (Å²) >= 11 is 6.00. The molecule has 2 rings (SSSR count). The van der Waals surface area contributed by atoms with Crippen LogP contribution < -0.4 is 5.43 Å². The van der Waals surface area contributed by atoms with E-state index in [1.54, 1.807) is 14.1 Å². The van der Waals surface area contributed by atoms with Crippen LogP contribution in [0.5, 0.6) is 0 Å². The molecule has 116 valence electrons. The molecule has 1 amide bonds. The Morgan fingerprint density at radius 2 is 1.90 bits per heavy atom. The zero-order chi connectivity index (χ0) is 15.6. The highest BCUT2D eigenvalue weighted by molar-refractivity contribution is 7.89. The van der Waals surface area contributed by atoms with E-state index in [1.165, 1.54) is 27.5 Å². The Morgan fingerprint density at radius 3 is 2.48 bits per heavy atom. The maximum Gasteiger partial charge on any atom is 0.267 e. The van der Waals surface area contributed by atoms with Crippen LogP contribution in [0.4, 0.5) is 0 Å². The molecule has 1 saturated heterocycles. The number of hydrogen-bond acceptors (Lipinski definition) is 4. The van der Waals surface area contributed by atoms with Crippen LogP contribution in [0, 0.1) is 0 Å². The van der Waals surface area contributed by atoms with Gasteiger partial charge < -0.3 is 0 Å². The van der Waals surface area contributed by atoms with Crippen molar-refractivity contribution in [2.75, 3.05) is 27.2 Å². The van der Waals surface area contributed by atoms with Crippen molar-refractivity contribution in [3.8, 4) is 0 Å². The smallest absolute Gasteiger partial charge is 0.267 e. The van der Waals surface area contributed by atoms with Crippen LogP contribution in [0.25, 0.3) is 0 Å². The van der Waals surface area contributed by atoms with Gasteiger partial charge in [-0.05, 0) is 31.0 Å². The number of halogens is 1. The first-order chi connectivity index (χ1) is 9.82. The average molecular weight is 332 g/mol. The first-order valence-electron chi connectivity index (χ1n) is 6.60. The molecule has 0 atom stereocenters. The van der Waals surface area contributed by atoms with Gasteiger partial charge in [0.25, 0.3) is 5.91 Å². The number of hydrogen-bond donors (Lipinski definition) is 1. The molecular weight excluding hydrogens is 314 g/mol. The molecule has 0 unspecified atom stereocenters. The predicted molar refractivity (Wildman–Crippen MR) is 80.6 cm³/mol. The van der Waals surface area contributed by atoms with Crippen molar-refractivity contribution in [1.29, 1.82) is 0 Å². The molecule has 0 aromatic heterocycles. The first kappa shape index (κ1) is 16.2. The minimum atomic E-state index is -3.56. The molecule has 1 N–H and O–H groups in total. The maximum atomic E-state index is 12.5. The number of hydrazine groups is 1. The van der Waals surface area contributed by atoms with Crippen molar-refractivity contribution < 1.29 is 13.2 Å². The first-order valence-corrected chi connectivity index (χ1v) is 8.42. The van der Waals surface area contributed by atoms with Gasteiger partial charge in [0.2, 0.25) is 10.0 Å². The summed E-state index contributed by atoms with van der Waals surface area (Å²) in [5.41, 5.74) is 2.69. The summed E-state index contributed by atoms with van der Waals surface area (Å²) in [6, 6.07) is 4.20. The van der Waals surface area contributed by atoms with E-state index in [0.717, 1.165) is 12.8 Å². The number of carbonyl (C=O) groups excluding carboxylic acids is 1. The Labute approximate surface area is 129 Å². The van der Waals surface area contributed by atoms with Crippen LogP contribution in [0.2, 0.25) is 5.02 Å².